The van der Waals surface area contributed by atoms with E-state index in [-0.39, 0.29) is 53.4 Å². The summed E-state index contributed by atoms with van der Waals surface area (Å²) < 4.78 is 51.9. The lowest BCUT2D eigenvalue weighted by Gasteiger charge is -2.28. The molecule has 0 atom stereocenters. The molecule has 13 heteroatoms. The summed E-state index contributed by atoms with van der Waals surface area (Å²) in [5.74, 6) is -0.172. The van der Waals surface area contributed by atoms with Crippen LogP contribution in [0.4, 0.5) is 4.79 Å². The molecule has 1 aromatic carbocycles. The number of nitrogens with zero attached hydrogens (tertiary/aromatic N) is 2. The first-order valence-electron chi connectivity index (χ1n) is 14.1. The van der Waals surface area contributed by atoms with Crippen molar-refractivity contribution in [3.05, 3.63) is 44.6 Å². The molecule has 0 fully saturated rings. The number of carbonyl (C=O) groups excluding carboxylic acids is 2. The maximum Gasteiger partial charge on any atom is 0.410 e. The number of unbranched alkanes of at least 4 members (excludes halogenated alkanes) is 1. The van der Waals surface area contributed by atoms with Gasteiger partial charge in [-0.2, -0.15) is 8.42 Å². The third-order valence-corrected chi connectivity index (χ3v) is 7.02. The molecule has 0 aliphatic carbocycles. The molecule has 0 N–H and O–H groups in total. The SMILES string of the molecule is CCCCOc1nc(C)cc(C)c1CN(CCOc1c(Br)cc(OS(C)(=O)=O)c(C)c1C(=O)OCC)C(=O)OC(C)(C)C. The molecule has 2 aromatic rings. The van der Waals surface area contributed by atoms with Crippen molar-refractivity contribution in [1.82, 2.24) is 9.88 Å². The zero-order valence-electron chi connectivity index (χ0n) is 26.5. The second-order valence-corrected chi connectivity index (χ2v) is 13.4. The van der Waals surface area contributed by atoms with Crippen molar-refractivity contribution < 1.29 is 41.1 Å². The standard InChI is InChI=1S/C30H43BrN2O9S/c1-10-12-14-40-27-22(19(3)16-20(4)32-27)18-33(29(35)41-30(6,7)8)13-15-39-26-23(31)17-24(42-43(9,36)37)21(5)25(26)28(34)38-11-2/h16-17H,10-15,18H2,1-9H3. The number of amides is 1. The number of aryl methyl sites for hydroxylation is 2. The Balaban J connectivity index is 2.44. The molecule has 0 spiro atoms. The normalized spacial score (nSPS) is 11.6. The van der Waals surface area contributed by atoms with Crippen LogP contribution >= 0.6 is 15.9 Å². The van der Waals surface area contributed by atoms with Gasteiger partial charge in [0, 0.05) is 22.9 Å². The van der Waals surface area contributed by atoms with Gasteiger partial charge >= 0.3 is 22.2 Å². The summed E-state index contributed by atoms with van der Waals surface area (Å²) >= 11 is 3.37. The van der Waals surface area contributed by atoms with Crippen molar-refractivity contribution in [3.63, 3.8) is 0 Å². The van der Waals surface area contributed by atoms with Gasteiger partial charge in [-0.15, -0.1) is 0 Å². The Kier molecular flexibility index (Phi) is 13.1. The van der Waals surface area contributed by atoms with Crippen LogP contribution in [0.1, 0.15) is 80.2 Å². The Morgan fingerprint density at radius 2 is 1.72 bits per heavy atom. The van der Waals surface area contributed by atoms with Crippen molar-refractivity contribution in [2.45, 2.75) is 80.4 Å². The van der Waals surface area contributed by atoms with E-state index < -0.39 is 27.8 Å². The van der Waals surface area contributed by atoms with Gasteiger partial charge < -0.3 is 28.0 Å². The highest BCUT2D eigenvalue weighted by Crippen LogP contribution is 2.38. The molecule has 11 nitrogen and oxygen atoms in total. The number of pyridine rings is 1. The van der Waals surface area contributed by atoms with E-state index in [1.807, 2.05) is 19.9 Å². The maximum absolute atomic E-state index is 13.3. The summed E-state index contributed by atoms with van der Waals surface area (Å²) in [5, 5.41) is 0. The average molecular weight is 688 g/mol. The number of esters is 1. The summed E-state index contributed by atoms with van der Waals surface area (Å²) in [6, 6.07) is 3.33. The number of carbonyl (C=O) groups is 2. The minimum absolute atomic E-state index is 0.00359. The molecule has 240 valence electrons. The molecule has 0 aliphatic heterocycles. The van der Waals surface area contributed by atoms with Gasteiger partial charge in [0.25, 0.3) is 0 Å². The van der Waals surface area contributed by atoms with E-state index >= 15 is 0 Å². The largest absolute Gasteiger partial charge is 0.490 e. The van der Waals surface area contributed by atoms with Crippen LogP contribution in [0.2, 0.25) is 0 Å². The van der Waals surface area contributed by atoms with Crippen molar-refractivity contribution >= 4 is 38.1 Å². The molecule has 1 aromatic heterocycles. The second kappa shape index (κ2) is 15.6. The Hall–Kier alpha value is -3.06. The van der Waals surface area contributed by atoms with E-state index in [4.69, 9.17) is 23.1 Å². The average Bonchev–Trinajstić information content (AvgIpc) is 2.85. The predicted molar refractivity (Wildman–Crippen MR) is 167 cm³/mol. The fourth-order valence-electron chi connectivity index (χ4n) is 4.01. The summed E-state index contributed by atoms with van der Waals surface area (Å²) in [6.45, 7) is 15.2. The number of aromatic nitrogens is 1. The maximum atomic E-state index is 13.3. The van der Waals surface area contributed by atoms with Crippen molar-refractivity contribution in [3.8, 4) is 17.4 Å². The summed E-state index contributed by atoms with van der Waals surface area (Å²) in [5.41, 5.74) is 1.95. The first-order chi connectivity index (χ1) is 20.0. The highest BCUT2D eigenvalue weighted by molar-refractivity contribution is 9.10. The molecular weight excluding hydrogens is 644 g/mol. The van der Waals surface area contributed by atoms with Crippen molar-refractivity contribution in [2.24, 2.45) is 0 Å². The van der Waals surface area contributed by atoms with Gasteiger partial charge in [-0.1, -0.05) is 13.3 Å². The van der Waals surface area contributed by atoms with Gasteiger partial charge in [0.2, 0.25) is 5.88 Å². The fraction of sp³-hybridized carbons (Fsp3) is 0.567. The molecule has 0 saturated carbocycles. The number of halogens is 1. The zero-order chi connectivity index (χ0) is 32.5. The second-order valence-electron chi connectivity index (χ2n) is 11.0. The molecule has 1 amide bonds. The first kappa shape index (κ1) is 36.1. The lowest BCUT2D eigenvalue weighted by atomic mass is 10.1. The number of hydrogen-bond donors (Lipinski definition) is 0. The predicted octanol–water partition coefficient (Wildman–Crippen LogP) is 6.28. The molecule has 0 aliphatic rings. The molecule has 0 saturated heterocycles. The quantitative estimate of drug-likeness (QED) is 0.127. The zero-order valence-corrected chi connectivity index (χ0v) is 28.9. The third kappa shape index (κ3) is 11.2. The van der Waals surface area contributed by atoms with Gasteiger partial charge in [-0.05, 0) is 82.4 Å². The van der Waals surface area contributed by atoms with Gasteiger partial charge in [0.15, 0.2) is 0 Å². The number of rotatable bonds is 14. The summed E-state index contributed by atoms with van der Waals surface area (Å²) in [4.78, 5) is 32.3. The lowest BCUT2D eigenvalue weighted by Crippen LogP contribution is -2.39. The van der Waals surface area contributed by atoms with Crippen LogP contribution in [0.15, 0.2) is 16.6 Å². The van der Waals surface area contributed by atoms with Gasteiger partial charge in [-0.3, -0.25) is 0 Å². The lowest BCUT2D eigenvalue weighted by molar-refractivity contribution is 0.0205. The minimum Gasteiger partial charge on any atom is -0.490 e. The highest BCUT2D eigenvalue weighted by atomic mass is 79.9. The fourth-order valence-corrected chi connectivity index (χ4v) is 5.03. The van der Waals surface area contributed by atoms with Gasteiger partial charge in [0.1, 0.15) is 29.3 Å². The van der Waals surface area contributed by atoms with Gasteiger partial charge in [0.05, 0.1) is 37.0 Å². The van der Waals surface area contributed by atoms with E-state index in [0.717, 1.165) is 35.9 Å². The number of hydrogen-bond acceptors (Lipinski definition) is 10. The number of benzene rings is 1. The summed E-state index contributed by atoms with van der Waals surface area (Å²) in [7, 11) is -3.87. The monoisotopic (exact) mass is 686 g/mol. The van der Waals surface area contributed by atoms with Crippen molar-refractivity contribution in [2.75, 3.05) is 32.6 Å². The van der Waals surface area contributed by atoms with Crippen LogP contribution in [0.3, 0.4) is 0 Å². The van der Waals surface area contributed by atoms with Crippen LogP contribution in [0.5, 0.6) is 17.4 Å². The third-order valence-electron chi connectivity index (χ3n) is 5.95. The van der Waals surface area contributed by atoms with E-state index in [2.05, 4.69) is 27.8 Å². The highest BCUT2D eigenvalue weighted by Gasteiger charge is 2.27. The molecular formula is C30H43BrN2O9S. The van der Waals surface area contributed by atoms with Crippen LogP contribution in [0, 0.1) is 20.8 Å². The van der Waals surface area contributed by atoms with E-state index in [9.17, 15) is 18.0 Å². The Morgan fingerprint density at radius 3 is 2.30 bits per heavy atom. The molecule has 2 rings (SSSR count). The topological polar surface area (TPSA) is 131 Å². The van der Waals surface area contributed by atoms with Crippen LogP contribution in [-0.2, 0) is 26.1 Å². The Labute approximate surface area is 263 Å². The molecule has 0 bridgehead atoms. The van der Waals surface area contributed by atoms with Crippen LogP contribution in [0.25, 0.3) is 0 Å². The minimum atomic E-state index is -3.87. The van der Waals surface area contributed by atoms with Crippen LogP contribution in [-0.4, -0.2) is 68.6 Å². The molecule has 1 heterocycles. The van der Waals surface area contributed by atoms with E-state index in [1.54, 1.807) is 27.7 Å². The van der Waals surface area contributed by atoms with Crippen molar-refractivity contribution in [1.29, 1.82) is 0 Å². The molecule has 0 radical (unpaired) electrons. The Bertz CT molecular complexity index is 1410. The molecule has 43 heavy (non-hydrogen) atoms. The van der Waals surface area contributed by atoms with E-state index in [0.29, 0.717) is 12.5 Å². The Morgan fingerprint density at radius 1 is 1.05 bits per heavy atom. The smallest absolute Gasteiger partial charge is 0.410 e. The van der Waals surface area contributed by atoms with E-state index in [1.165, 1.54) is 17.9 Å². The number of ether oxygens (including phenoxy) is 4. The van der Waals surface area contributed by atoms with Crippen LogP contribution < -0.4 is 13.7 Å². The first-order valence-corrected chi connectivity index (χ1v) is 16.7. The summed E-state index contributed by atoms with van der Waals surface area (Å²) in [6.07, 6.45) is 2.17. The van der Waals surface area contributed by atoms with Gasteiger partial charge in [-0.25, -0.2) is 14.6 Å². The molecule has 0 unspecified atom stereocenters.